The number of nitro benzene ring substituents is 1. The summed E-state index contributed by atoms with van der Waals surface area (Å²) in [6.45, 7) is 3.07. The van der Waals surface area contributed by atoms with E-state index >= 15 is 14.4 Å². The zero-order valence-electron chi connectivity index (χ0n) is 44.2. The fourth-order valence-electron chi connectivity index (χ4n) is 8.42. The lowest BCUT2D eigenvalue weighted by Gasteiger charge is -2.32. The Balaban J connectivity index is 1.95. The summed E-state index contributed by atoms with van der Waals surface area (Å²) in [6.07, 6.45) is 1.07. The molecule has 0 radical (unpaired) electrons. The molecule has 0 aliphatic heterocycles. The molecule has 0 bridgehead atoms. The van der Waals surface area contributed by atoms with Crippen LogP contribution in [0.2, 0.25) is 0 Å². The van der Waals surface area contributed by atoms with Gasteiger partial charge in [-0.2, -0.15) is 0 Å². The minimum Gasteiger partial charge on any atom is -0.508 e. The van der Waals surface area contributed by atoms with Crippen molar-refractivity contribution >= 4 is 75.8 Å². The second-order valence-corrected chi connectivity index (χ2v) is 18.7. The highest BCUT2D eigenvalue weighted by Crippen LogP contribution is 2.22. The number of nitro groups is 1. The van der Waals surface area contributed by atoms with E-state index in [0.29, 0.717) is 47.7 Å². The van der Waals surface area contributed by atoms with Crippen LogP contribution in [-0.2, 0) is 67.2 Å². The van der Waals surface area contributed by atoms with Crippen LogP contribution >= 0.6 is 0 Å². The molecule has 0 saturated carbocycles. The average Bonchev–Trinajstić information content (AvgIpc) is 3.95. The molecule has 7 atom stereocenters. The summed E-state index contributed by atoms with van der Waals surface area (Å²) in [7, 11) is 3.00. The Morgan fingerprint density at radius 1 is 0.620 bits per heavy atom. The lowest BCUT2D eigenvalue weighted by molar-refractivity contribution is -0.384. The lowest BCUT2D eigenvalue weighted by Crippen LogP contribution is -2.64. The fraction of sp³-hybridized carbons (Fsp3) is 0.434. The Labute approximate surface area is 454 Å². The molecule has 13 N–H and O–H groups in total. The maximum absolute atomic E-state index is 15.6. The normalized spacial score (nSPS) is 13.7. The van der Waals surface area contributed by atoms with Gasteiger partial charge in [0.1, 0.15) is 29.9 Å². The Morgan fingerprint density at radius 3 is 1.67 bits per heavy atom. The van der Waals surface area contributed by atoms with Gasteiger partial charge in [0, 0.05) is 48.5 Å². The molecule has 26 nitrogen and oxygen atoms in total. The number of nitrogens with two attached hydrogens (primary N) is 1. The number of carbonyl (C=O) groups is 10. The number of nitrogens with zero attached hydrogens (tertiary/aromatic N) is 2. The molecule has 426 valence electrons. The number of carboxylic acid groups (broad SMARTS) is 2. The predicted molar refractivity (Wildman–Crippen MR) is 285 cm³/mol. The number of phenolic OH excluding ortho intramolecular Hbond substituents is 1. The second-order valence-electron chi connectivity index (χ2n) is 18.7. The zero-order valence-corrected chi connectivity index (χ0v) is 44.2. The highest BCUT2D eigenvalue weighted by Gasteiger charge is 2.44. The first-order valence-corrected chi connectivity index (χ1v) is 25.6. The number of benzene rings is 3. The smallest absolute Gasteiger partial charge is 0.305 e. The van der Waals surface area contributed by atoms with Crippen molar-refractivity contribution in [2.24, 2.45) is 5.73 Å². The molecule has 1 aromatic heterocycles. The van der Waals surface area contributed by atoms with Crippen molar-refractivity contribution in [3.8, 4) is 5.75 Å². The number of fused-ring (bicyclic) bond motifs is 1. The number of H-pyrrole nitrogens is 1. The van der Waals surface area contributed by atoms with Crippen molar-refractivity contribution in [1.82, 2.24) is 47.1 Å². The number of likely N-dealkylation sites (N-methyl/N-ethyl adjacent to an activating group) is 2. The van der Waals surface area contributed by atoms with Crippen molar-refractivity contribution in [2.75, 3.05) is 20.6 Å². The van der Waals surface area contributed by atoms with Gasteiger partial charge in [0.15, 0.2) is 0 Å². The van der Waals surface area contributed by atoms with Crippen molar-refractivity contribution in [3.05, 3.63) is 106 Å². The third-order valence-corrected chi connectivity index (χ3v) is 12.8. The summed E-state index contributed by atoms with van der Waals surface area (Å²) in [5.74, 6) is -12.8. The van der Waals surface area contributed by atoms with Crippen molar-refractivity contribution in [2.45, 2.75) is 127 Å². The summed E-state index contributed by atoms with van der Waals surface area (Å²) >= 11 is 0. The molecular formula is C53H69N11O15. The number of nitrogens with one attached hydrogen (secondary N) is 8. The van der Waals surface area contributed by atoms with Gasteiger partial charge in [0.25, 0.3) is 23.4 Å². The fourth-order valence-corrected chi connectivity index (χ4v) is 8.42. The summed E-state index contributed by atoms with van der Waals surface area (Å²) in [4.78, 5) is 154. The Morgan fingerprint density at radius 2 is 1.11 bits per heavy atom. The van der Waals surface area contributed by atoms with E-state index in [-0.39, 0.29) is 22.6 Å². The summed E-state index contributed by atoms with van der Waals surface area (Å²) < 4.78 is 0. The topological polar surface area (TPSA) is 404 Å². The van der Waals surface area contributed by atoms with E-state index in [4.69, 9.17) is 5.73 Å². The molecule has 3 aromatic carbocycles. The maximum Gasteiger partial charge on any atom is 0.305 e. The minimum atomic E-state index is -2.19. The van der Waals surface area contributed by atoms with E-state index in [1.165, 1.54) is 49.6 Å². The van der Waals surface area contributed by atoms with Gasteiger partial charge in [-0.3, -0.25) is 58.1 Å². The zero-order chi connectivity index (χ0) is 58.3. The summed E-state index contributed by atoms with van der Waals surface area (Å²) in [5, 5.41) is 59.6. The quantitative estimate of drug-likeness (QED) is 0.0235. The molecule has 79 heavy (non-hydrogen) atoms. The third kappa shape index (κ3) is 19.1. The third-order valence-electron chi connectivity index (χ3n) is 12.8. The molecule has 1 heterocycles. The van der Waals surface area contributed by atoms with Crippen LogP contribution in [0.25, 0.3) is 10.9 Å². The molecule has 4 aromatic rings. The van der Waals surface area contributed by atoms with E-state index in [0.717, 1.165) is 18.6 Å². The first-order chi connectivity index (χ1) is 37.6. The van der Waals surface area contributed by atoms with E-state index in [1.54, 1.807) is 31.3 Å². The van der Waals surface area contributed by atoms with Crippen LogP contribution in [0.3, 0.4) is 0 Å². The van der Waals surface area contributed by atoms with E-state index in [1.807, 2.05) is 13.8 Å². The Bertz CT molecular complexity index is 2810. The predicted octanol–water partition coefficient (Wildman–Crippen LogP) is 0.580. The van der Waals surface area contributed by atoms with Gasteiger partial charge in [-0.25, -0.2) is 4.90 Å². The van der Waals surface area contributed by atoms with E-state index < -0.39 is 151 Å². The van der Waals surface area contributed by atoms with E-state index in [2.05, 4.69) is 42.2 Å². The van der Waals surface area contributed by atoms with Crippen LogP contribution in [0.5, 0.6) is 5.75 Å². The number of carboxylic acids is 2. The van der Waals surface area contributed by atoms with Gasteiger partial charge in [-0.1, -0.05) is 82.0 Å². The number of aromatic nitrogens is 1. The van der Waals surface area contributed by atoms with Crippen LogP contribution in [0, 0.1) is 10.1 Å². The minimum absolute atomic E-state index is 0.00113. The molecule has 4 rings (SSSR count). The number of aromatic amines is 1. The standard InChI is InChI=1S/C53H69N11O15/c1-5-7-12-38(55-3)48(72)58-29-44(66)59-42(25-32-28-57-37-14-10-9-11-35(32)37)52(76)63(53(77)43(27-46(69)70)62-49(73)39(56-4)13-8-6-2)51(75)41(24-30-15-19-33(20-16-30)64(78)79)61-50(74)40(23-31-17-21-34(65)22-18-31)60-47(71)36(54)26-45(67)68/h9-11,14-22,28,36,38-43,55-57,65H,5-8,12-13,23-27,29,54H2,1-4H3,(H,58,72)(H,59,66)(H,60,71)(H,61,74)(H,62,73)(H,67,68)(H,69,70). The summed E-state index contributed by atoms with van der Waals surface area (Å²) in [6, 6.07) is 5.28. The number of aromatic hydroxyl groups is 1. The molecule has 0 aliphatic rings. The number of imide groups is 3. The molecule has 0 saturated heterocycles. The van der Waals surface area contributed by atoms with Gasteiger partial charge >= 0.3 is 11.9 Å². The molecule has 0 aliphatic carbocycles. The van der Waals surface area contributed by atoms with Crippen LogP contribution in [0.4, 0.5) is 5.69 Å². The van der Waals surface area contributed by atoms with Crippen molar-refractivity contribution in [3.63, 3.8) is 0 Å². The number of hydrogen-bond acceptors (Lipinski definition) is 16. The number of rotatable bonds is 32. The van der Waals surface area contributed by atoms with Gasteiger partial charge in [-0.05, 0) is 61.8 Å². The number of amides is 8. The van der Waals surface area contributed by atoms with Gasteiger partial charge in [-0.15, -0.1) is 0 Å². The van der Waals surface area contributed by atoms with Gasteiger partial charge < -0.3 is 63.3 Å². The number of unbranched alkanes of at least 4 members (excludes halogenated alkanes) is 2. The van der Waals surface area contributed by atoms with Gasteiger partial charge in [0.05, 0.1) is 42.4 Å². The lowest BCUT2D eigenvalue weighted by atomic mass is 9.99. The van der Waals surface area contributed by atoms with Crippen molar-refractivity contribution in [1.29, 1.82) is 0 Å². The first kappa shape index (κ1) is 62.9. The molecular weight excluding hydrogens is 1030 g/mol. The molecule has 26 heteroatoms. The largest absolute Gasteiger partial charge is 0.508 e. The maximum atomic E-state index is 15.6. The van der Waals surface area contributed by atoms with Crippen molar-refractivity contribution < 1.29 is 68.2 Å². The number of hydrogen-bond donors (Lipinski definition) is 12. The average molecular weight is 1100 g/mol. The van der Waals surface area contributed by atoms with E-state index in [9.17, 15) is 59.0 Å². The molecule has 8 amide bonds. The highest BCUT2D eigenvalue weighted by molar-refractivity contribution is 6.17. The van der Waals surface area contributed by atoms with Gasteiger partial charge in [0.2, 0.25) is 29.5 Å². The SMILES string of the molecule is CCCCC(NC)C(=O)NCC(=O)NC(Cc1c[nH]c2ccccc12)C(=O)N(C(=O)C(CC(=O)O)NC(=O)C(CCCC)NC)C(=O)C(Cc1ccc([N+](=O)[O-])cc1)NC(=O)C(Cc1ccc(O)cc1)NC(=O)C(N)CC(=O)O. The number of aliphatic carboxylic acids is 2. The Hall–Kier alpha value is -8.62. The summed E-state index contributed by atoms with van der Waals surface area (Å²) in [5.41, 5.74) is 6.78. The molecule has 0 spiro atoms. The number of non-ortho nitro benzene ring substituents is 1. The Kier molecular flexibility index (Phi) is 24.6. The van der Waals surface area contributed by atoms with Crippen LogP contribution in [0.1, 0.15) is 81.9 Å². The highest BCUT2D eigenvalue weighted by atomic mass is 16.6. The second kappa shape index (κ2) is 31.0. The number of para-hydroxylation sites is 1. The number of phenols is 1. The van der Waals surface area contributed by atoms with Crippen LogP contribution in [-0.4, -0.2) is 152 Å². The molecule has 0 fully saturated rings. The van der Waals surface area contributed by atoms with Crippen LogP contribution in [0.15, 0.2) is 79.0 Å². The monoisotopic (exact) mass is 1100 g/mol. The first-order valence-electron chi connectivity index (χ1n) is 25.6. The van der Waals surface area contributed by atoms with Crippen LogP contribution < -0.4 is 43.0 Å². The number of carbonyl (C=O) groups excluding carboxylic acids is 8. The molecule has 7 unspecified atom stereocenters.